The van der Waals surface area contributed by atoms with E-state index in [1.54, 1.807) is 0 Å². The molecule has 1 aliphatic heterocycles. The number of thioether (sulfide) groups is 1. The van der Waals surface area contributed by atoms with Gasteiger partial charge in [-0.1, -0.05) is 18.2 Å². The standard InChI is InChI=1S/C13H19NOS/c1-10-12(7-9-15-10)16-13-5-3-2-4-11(13)6-8-14/h2-5,10,12H,6-9,14H2,1H3. The number of hydrogen-bond acceptors (Lipinski definition) is 3. The summed E-state index contributed by atoms with van der Waals surface area (Å²) in [6, 6.07) is 8.56. The molecule has 1 aliphatic rings. The van der Waals surface area contributed by atoms with Crippen molar-refractivity contribution in [2.45, 2.75) is 36.0 Å². The molecule has 0 amide bonds. The van der Waals surface area contributed by atoms with Crippen molar-refractivity contribution in [3.63, 3.8) is 0 Å². The minimum atomic E-state index is 0.371. The predicted molar refractivity (Wildman–Crippen MR) is 68.9 cm³/mol. The van der Waals surface area contributed by atoms with Crippen molar-refractivity contribution in [1.29, 1.82) is 0 Å². The van der Waals surface area contributed by atoms with Gasteiger partial charge < -0.3 is 10.5 Å². The quantitative estimate of drug-likeness (QED) is 0.873. The highest BCUT2D eigenvalue weighted by molar-refractivity contribution is 8.00. The zero-order chi connectivity index (χ0) is 11.4. The highest BCUT2D eigenvalue weighted by atomic mass is 32.2. The fourth-order valence-electron chi connectivity index (χ4n) is 2.01. The zero-order valence-corrected chi connectivity index (χ0v) is 10.5. The highest BCUT2D eigenvalue weighted by Crippen LogP contribution is 2.34. The summed E-state index contributed by atoms with van der Waals surface area (Å²) in [5.41, 5.74) is 7.00. The van der Waals surface area contributed by atoms with Crippen LogP contribution < -0.4 is 5.73 Å². The first-order valence-electron chi connectivity index (χ1n) is 5.87. The van der Waals surface area contributed by atoms with Gasteiger partial charge in [0.05, 0.1) is 6.10 Å². The Labute approximate surface area is 102 Å². The van der Waals surface area contributed by atoms with Crippen LogP contribution in [0.15, 0.2) is 29.2 Å². The Morgan fingerprint density at radius 3 is 2.94 bits per heavy atom. The molecule has 1 saturated heterocycles. The topological polar surface area (TPSA) is 35.2 Å². The zero-order valence-electron chi connectivity index (χ0n) is 9.69. The molecule has 0 radical (unpaired) electrons. The third-order valence-corrected chi connectivity index (χ3v) is 4.55. The van der Waals surface area contributed by atoms with Gasteiger partial charge in [-0.05, 0) is 37.9 Å². The van der Waals surface area contributed by atoms with E-state index in [1.165, 1.54) is 10.5 Å². The van der Waals surface area contributed by atoms with Crippen LogP contribution in [-0.2, 0) is 11.2 Å². The number of nitrogens with two attached hydrogens (primary N) is 1. The number of hydrogen-bond donors (Lipinski definition) is 1. The summed E-state index contributed by atoms with van der Waals surface area (Å²) < 4.78 is 5.59. The van der Waals surface area contributed by atoms with Crippen LogP contribution in [0.3, 0.4) is 0 Å². The van der Waals surface area contributed by atoms with Crippen LogP contribution in [0, 0.1) is 0 Å². The first-order valence-corrected chi connectivity index (χ1v) is 6.75. The lowest BCUT2D eigenvalue weighted by atomic mass is 10.1. The van der Waals surface area contributed by atoms with Crippen molar-refractivity contribution in [2.24, 2.45) is 5.73 Å². The molecule has 1 fully saturated rings. The lowest BCUT2D eigenvalue weighted by Crippen LogP contribution is -2.13. The maximum Gasteiger partial charge on any atom is 0.0669 e. The van der Waals surface area contributed by atoms with E-state index in [9.17, 15) is 0 Å². The second-order valence-electron chi connectivity index (χ2n) is 4.17. The Morgan fingerprint density at radius 2 is 2.25 bits per heavy atom. The van der Waals surface area contributed by atoms with Gasteiger partial charge in [-0.25, -0.2) is 0 Å². The third-order valence-electron chi connectivity index (χ3n) is 2.97. The lowest BCUT2D eigenvalue weighted by Gasteiger charge is -2.15. The van der Waals surface area contributed by atoms with E-state index in [1.807, 2.05) is 11.8 Å². The first kappa shape index (κ1) is 12.0. The summed E-state index contributed by atoms with van der Waals surface area (Å²) in [5.74, 6) is 0. The van der Waals surface area contributed by atoms with Crippen molar-refractivity contribution in [3.8, 4) is 0 Å². The molecule has 2 nitrogen and oxygen atoms in total. The van der Waals surface area contributed by atoms with Crippen molar-refractivity contribution < 1.29 is 4.74 Å². The summed E-state index contributed by atoms with van der Waals surface area (Å²) in [4.78, 5) is 1.37. The second-order valence-corrected chi connectivity index (χ2v) is 5.45. The number of ether oxygens (including phenoxy) is 1. The van der Waals surface area contributed by atoms with Gasteiger partial charge >= 0.3 is 0 Å². The van der Waals surface area contributed by atoms with Gasteiger partial charge in [0.25, 0.3) is 0 Å². The van der Waals surface area contributed by atoms with Gasteiger partial charge in [0.15, 0.2) is 0 Å². The molecule has 0 bridgehead atoms. The van der Waals surface area contributed by atoms with E-state index in [4.69, 9.17) is 10.5 Å². The van der Waals surface area contributed by atoms with E-state index < -0.39 is 0 Å². The fraction of sp³-hybridized carbons (Fsp3) is 0.538. The van der Waals surface area contributed by atoms with E-state index in [2.05, 4.69) is 31.2 Å². The molecule has 2 atom stereocenters. The molecule has 88 valence electrons. The maximum absolute atomic E-state index is 5.63. The molecule has 2 N–H and O–H groups in total. The summed E-state index contributed by atoms with van der Waals surface area (Å²) in [7, 11) is 0. The van der Waals surface area contributed by atoms with Crippen molar-refractivity contribution in [2.75, 3.05) is 13.2 Å². The van der Waals surface area contributed by atoms with Crippen molar-refractivity contribution in [3.05, 3.63) is 29.8 Å². The summed E-state index contributed by atoms with van der Waals surface area (Å²) in [6.07, 6.45) is 2.49. The van der Waals surface area contributed by atoms with Crippen LogP contribution in [0.1, 0.15) is 18.9 Å². The van der Waals surface area contributed by atoms with E-state index in [-0.39, 0.29) is 0 Å². The van der Waals surface area contributed by atoms with E-state index in [0.717, 1.165) is 19.4 Å². The molecular formula is C13H19NOS. The molecule has 0 spiro atoms. The van der Waals surface area contributed by atoms with Gasteiger partial charge in [-0.3, -0.25) is 0 Å². The summed E-state index contributed by atoms with van der Waals surface area (Å²) in [5, 5.41) is 0.596. The molecule has 1 aromatic rings. The molecule has 0 saturated carbocycles. The number of rotatable bonds is 4. The average Bonchev–Trinajstić information content (AvgIpc) is 2.68. The smallest absolute Gasteiger partial charge is 0.0669 e. The molecule has 0 aliphatic carbocycles. The Balaban J connectivity index is 2.07. The summed E-state index contributed by atoms with van der Waals surface area (Å²) in [6.45, 7) is 3.78. The van der Waals surface area contributed by atoms with Gasteiger partial charge in [0.2, 0.25) is 0 Å². The summed E-state index contributed by atoms with van der Waals surface area (Å²) >= 11 is 1.95. The molecule has 3 heteroatoms. The minimum Gasteiger partial charge on any atom is -0.377 e. The van der Waals surface area contributed by atoms with Crippen molar-refractivity contribution in [1.82, 2.24) is 0 Å². The Hall–Kier alpha value is -0.510. The molecule has 0 aromatic heterocycles. The van der Waals surface area contributed by atoms with Gasteiger partial charge in [-0.2, -0.15) is 0 Å². The Morgan fingerprint density at radius 1 is 1.44 bits per heavy atom. The van der Waals surface area contributed by atoms with Gasteiger partial charge in [0.1, 0.15) is 0 Å². The fourth-order valence-corrected chi connectivity index (χ4v) is 3.30. The second kappa shape index (κ2) is 5.71. The highest BCUT2D eigenvalue weighted by Gasteiger charge is 2.25. The van der Waals surface area contributed by atoms with Crippen LogP contribution in [0.4, 0.5) is 0 Å². The van der Waals surface area contributed by atoms with Gasteiger partial charge in [-0.15, -0.1) is 11.8 Å². The molecule has 1 aromatic carbocycles. The SMILES string of the molecule is CC1OCCC1Sc1ccccc1CCN. The Bertz CT molecular complexity index is 342. The van der Waals surface area contributed by atoms with E-state index in [0.29, 0.717) is 17.9 Å². The molecule has 1 heterocycles. The Kier molecular flexibility index (Phi) is 4.27. The minimum absolute atomic E-state index is 0.371. The predicted octanol–water partition coefficient (Wildman–Crippen LogP) is 2.46. The molecular weight excluding hydrogens is 218 g/mol. The van der Waals surface area contributed by atoms with Crippen LogP contribution in [-0.4, -0.2) is 24.5 Å². The molecule has 16 heavy (non-hydrogen) atoms. The first-order chi connectivity index (χ1) is 7.81. The van der Waals surface area contributed by atoms with E-state index >= 15 is 0 Å². The van der Waals surface area contributed by atoms with Crippen LogP contribution in [0.25, 0.3) is 0 Å². The third kappa shape index (κ3) is 2.78. The average molecular weight is 237 g/mol. The van der Waals surface area contributed by atoms with Crippen LogP contribution in [0.2, 0.25) is 0 Å². The lowest BCUT2D eigenvalue weighted by molar-refractivity contribution is 0.127. The van der Waals surface area contributed by atoms with Crippen molar-refractivity contribution >= 4 is 11.8 Å². The largest absolute Gasteiger partial charge is 0.377 e. The van der Waals surface area contributed by atoms with Gasteiger partial charge in [0, 0.05) is 16.8 Å². The monoisotopic (exact) mass is 237 g/mol. The van der Waals surface area contributed by atoms with Crippen LogP contribution >= 0.6 is 11.8 Å². The molecule has 2 unspecified atom stereocenters. The molecule has 2 rings (SSSR count). The maximum atomic E-state index is 5.63. The normalized spacial score (nSPS) is 24.9. The number of benzene rings is 1. The van der Waals surface area contributed by atoms with Crippen LogP contribution in [0.5, 0.6) is 0 Å².